The van der Waals surface area contributed by atoms with E-state index in [4.69, 9.17) is 5.73 Å². The Kier molecular flexibility index (Phi) is 4.83. The highest BCUT2D eigenvalue weighted by Gasteiger charge is 2.60. The van der Waals surface area contributed by atoms with Crippen LogP contribution in [0.2, 0.25) is 0 Å². The Morgan fingerprint density at radius 3 is 2.20 bits per heavy atom. The van der Waals surface area contributed by atoms with Gasteiger partial charge in [-0.05, 0) is 12.1 Å². The molecule has 6 nitrogen and oxygen atoms in total. The number of nitrogens with one attached hydrogen (secondary N) is 1. The van der Waals surface area contributed by atoms with Gasteiger partial charge in [0.25, 0.3) is 5.91 Å². The zero-order chi connectivity index (χ0) is 22.5. The lowest BCUT2D eigenvalue weighted by Gasteiger charge is -2.25. The van der Waals surface area contributed by atoms with Crippen molar-refractivity contribution in [2.75, 3.05) is 0 Å². The number of halogens is 8. The van der Waals surface area contributed by atoms with E-state index >= 15 is 0 Å². The number of rotatable bonds is 4. The van der Waals surface area contributed by atoms with Crippen molar-refractivity contribution in [3.05, 3.63) is 53.5 Å². The predicted molar refractivity (Wildman–Crippen MR) is 84.6 cm³/mol. The van der Waals surface area contributed by atoms with Crippen molar-refractivity contribution in [2.24, 2.45) is 5.73 Å². The number of primary amides is 1. The summed E-state index contributed by atoms with van der Waals surface area (Å²) < 4.78 is 109. The molecule has 3 rings (SSSR count). The lowest BCUT2D eigenvalue weighted by atomic mass is 9.92. The van der Waals surface area contributed by atoms with E-state index in [0.29, 0.717) is 10.7 Å². The SMILES string of the molecule is NC(=O)c1ccc(C(F)(F)C(F)(F)F)c(-c2[nH]ncc2C(F)(F)F)c1-n1cccn1. The minimum Gasteiger partial charge on any atom is -0.366 e. The van der Waals surface area contributed by atoms with E-state index < -0.39 is 57.8 Å². The molecule has 3 N–H and O–H groups in total. The van der Waals surface area contributed by atoms with E-state index in [0.717, 1.165) is 12.4 Å². The third-order valence-electron chi connectivity index (χ3n) is 4.07. The summed E-state index contributed by atoms with van der Waals surface area (Å²) >= 11 is 0. The molecule has 0 aliphatic carbocycles. The summed E-state index contributed by atoms with van der Waals surface area (Å²) in [7, 11) is 0. The monoisotopic (exact) mass is 439 g/mol. The topological polar surface area (TPSA) is 89.6 Å². The quantitative estimate of drug-likeness (QED) is 0.602. The molecule has 3 aromatic rings. The third-order valence-corrected chi connectivity index (χ3v) is 4.07. The number of aromatic amines is 1. The van der Waals surface area contributed by atoms with Gasteiger partial charge in [-0.15, -0.1) is 0 Å². The Balaban J connectivity index is 2.53. The summed E-state index contributed by atoms with van der Waals surface area (Å²) in [5.74, 6) is -6.88. The highest BCUT2D eigenvalue weighted by atomic mass is 19.4. The number of hydrogen-bond donors (Lipinski definition) is 2. The molecular formula is C16H9F8N5O. The van der Waals surface area contributed by atoms with Crippen LogP contribution in [0.25, 0.3) is 16.9 Å². The van der Waals surface area contributed by atoms with Crippen LogP contribution >= 0.6 is 0 Å². The molecule has 0 spiro atoms. The van der Waals surface area contributed by atoms with Crippen LogP contribution in [0.3, 0.4) is 0 Å². The van der Waals surface area contributed by atoms with Gasteiger partial charge in [-0.25, -0.2) is 4.68 Å². The van der Waals surface area contributed by atoms with Crippen LogP contribution in [0, 0.1) is 0 Å². The van der Waals surface area contributed by atoms with Gasteiger partial charge in [-0.3, -0.25) is 9.89 Å². The van der Waals surface area contributed by atoms with E-state index in [9.17, 15) is 39.9 Å². The number of carbonyl (C=O) groups excluding carboxylic acids is 1. The average Bonchev–Trinajstić information content (AvgIpc) is 3.30. The van der Waals surface area contributed by atoms with Gasteiger partial charge in [0.15, 0.2) is 0 Å². The molecule has 0 unspecified atom stereocenters. The fourth-order valence-electron chi connectivity index (χ4n) is 2.79. The zero-order valence-electron chi connectivity index (χ0n) is 14.3. The van der Waals surface area contributed by atoms with Crippen molar-refractivity contribution in [3.8, 4) is 16.9 Å². The summed E-state index contributed by atoms with van der Waals surface area (Å²) in [6, 6.07) is 1.96. The van der Waals surface area contributed by atoms with Crippen molar-refractivity contribution >= 4 is 5.91 Å². The second-order valence-corrected chi connectivity index (χ2v) is 5.93. The molecule has 30 heavy (non-hydrogen) atoms. The first-order valence-electron chi connectivity index (χ1n) is 7.79. The predicted octanol–water partition coefficient (Wildman–Crippen LogP) is 4.03. The molecule has 0 saturated carbocycles. The van der Waals surface area contributed by atoms with Crippen LogP contribution in [0.4, 0.5) is 35.1 Å². The molecule has 1 aromatic carbocycles. The largest absolute Gasteiger partial charge is 0.458 e. The fraction of sp³-hybridized carbons (Fsp3) is 0.188. The number of benzene rings is 1. The number of hydrogen-bond acceptors (Lipinski definition) is 3. The molecule has 0 bridgehead atoms. The van der Waals surface area contributed by atoms with Gasteiger partial charge >= 0.3 is 18.3 Å². The Morgan fingerprint density at radius 2 is 1.70 bits per heavy atom. The maximum absolute atomic E-state index is 14.3. The molecule has 1 amide bonds. The highest BCUT2D eigenvalue weighted by Crippen LogP contribution is 2.50. The van der Waals surface area contributed by atoms with Crippen LogP contribution < -0.4 is 5.73 Å². The minimum atomic E-state index is -6.16. The van der Waals surface area contributed by atoms with Crippen LogP contribution in [0.15, 0.2) is 36.8 Å². The molecule has 160 valence electrons. The number of nitrogens with two attached hydrogens (primary N) is 1. The molecule has 0 aliphatic rings. The van der Waals surface area contributed by atoms with E-state index in [1.807, 2.05) is 0 Å². The number of carbonyl (C=O) groups is 1. The van der Waals surface area contributed by atoms with E-state index in [-0.39, 0.29) is 12.3 Å². The van der Waals surface area contributed by atoms with Crippen LogP contribution in [0.1, 0.15) is 21.5 Å². The van der Waals surface area contributed by atoms with Crippen molar-refractivity contribution in [2.45, 2.75) is 18.3 Å². The smallest absolute Gasteiger partial charge is 0.366 e. The summed E-state index contributed by atoms with van der Waals surface area (Å²) in [5.41, 5.74) is -2.23. The Bertz CT molecular complexity index is 1080. The van der Waals surface area contributed by atoms with Crippen LogP contribution in [-0.2, 0) is 12.1 Å². The first-order valence-corrected chi connectivity index (χ1v) is 7.79. The standard InChI is InChI=1S/C16H9F8N5O/c17-14(18,16(22,23)24)8-3-2-7(13(25)30)12(29-5-1-4-27-29)10(8)11-9(6-26-28-11)15(19,20)21/h1-6H,(H2,25,30)(H,26,28). The second kappa shape index (κ2) is 6.81. The molecule has 0 radical (unpaired) electrons. The number of H-pyrrole nitrogens is 1. The van der Waals surface area contributed by atoms with Gasteiger partial charge in [-0.1, -0.05) is 6.07 Å². The minimum absolute atomic E-state index is 0.191. The average molecular weight is 439 g/mol. The highest BCUT2D eigenvalue weighted by molar-refractivity contribution is 6.00. The molecule has 0 fully saturated rings. The maximum Gasteiger partial charge on any atom is 0.458 e. The van der Waals surface area contributed by atoms with Gasteiger partial charge in [-0.2, -0.15) is 45.3 Å². The molecule has 14 heteroatoms. The molecule has 2 heterocycles. The molecule has 0 aliphatic heterocycles. The molecule has 2 aromatic heterocycles. The maximum atomic E-state index is 14.3. The summed E-state index contributed by atoms with van der Waals surface area (Å²) in [6.07, 6.45) is -9.01. The Hall–Kier alpha value is -3.45. The lowest BCUT2D eigenvalue weighted by Crippen LogP contribution is -2.35. The molecular weight excluding hydrogens is 430 g/mol. The van der Waals surface area contributed by atoms with E-state index in [1.54, 1.807) is 5.10 Å². The van der Waals surface area contributed by atoms with Crippen molar-refractivity contribution in [3.63, 3.8) is 0 Å². The van der Waals surface area contributed by atoms with Crippen molar-refractivity contribution < 1.29 is 39.9 Å². The summed E-state index contributed by atoms with van der Waals surface area (Å²) in [5, 5.41) is 8.57. The summed E-state index contributed by atoms with van der Waals surface area (Å²) in [4.78, 5) is 11.8. The van der Waals surface area contributed by atoms with Crippen LogP contribution in [0.5, 0.6) is 0 Å². The van der Waals surface area contributed by atoms with Gasteiger partial charge in [0.1, 0.15) is 5.56 Å². The zero-order valence-corrected chi connectivity index (χ0v) is 14.3. The fourth-order valence-corrected chi connectivity index (χ4v) is 2.79. The van der Waals surface area contributed by atoms with Crippen molar-refractivity contribution in [1.82, 2.24) is 20.0 Å². The Labute approximate surface area is 161 Å². The molecule has 0 atom stereocenters. The summed E-state index contributed by atoms with van der Waals surface area (Å²) in [6.45, 7) is 0. The first kappa shape index (κ1) is 21.3. The lowest BCUT2D eigenvalue weighted by molar-refractivity contribution is -0.289. The number of aromatic nitrogens is 4. The number of amides is 1. The van der Waals surface area contributed by atoms with E-state index in [2.05, 4.69) is 10.2 Å². The van der Waals surface area contributed by atoms with Gasteiger partial charge in [0.05, 0.1) is 23.1 Å². The Morgan fingerprint density at radius 1 is 1.03 bits per heavy atom. The van der Waals surface area contributed by atoms with Crippen LogP contribution in [-0.4, -0.2) is 32.1 Å². The van der Waals surface area contributed by atoms with Crippen molar-refractivity contribution in [1.29, 1.82) is 0 Å². The normalized spacial score (nSPS) is 12.9. The number of alkyl halides is 8. The molecule has 0 saturated heterocycles. The third kappa shape index (κ3) is 3.37. The first-order chi connectivity index (χ1) is 13.8. The van der Waals surface area contributed by atoms with Gasteiger partial charge in [0.2, 0.25) is 0 Å². The number of nitrogens with zero attached hydrogens (tertiary/aromatic N) is 3. The second-order valence-electron chi connectivity index (χ2n) is 5.93. The van der Waals surface area contributed by atoms with Gasteiger partial charge in [0, 0.05) is 23.5 Å². The van der Waals surface area contributed by atoms with E-state index in [1.165, 1.54) is 6.07 Å². The van der Waals surface area contributed by atoms with Gasteiger partial charge < -0.3 is 5.73 Å².